The third-order valence-corrected chi connectivity index (χ3v) is 2.99. The molecule has 0 aliphatic rings. The van der Waals surface area contributed by atoms with Crippen molar-refractivity contribution in [3.63, 3.8) is 0 Å². The Morgan fingerprint density at radius 2 is 1.67 bits per heavy atom. The number of carbonyl (C=O) groups is 1. The SMILES string of the molecule is O=C(C#CCOCc1ccccc1)OCc1ccc([N+](=O)[O-])cc1. The molecule has 6 heteroatoms. The number of esters is 1. The molecule has 0 spiro atoms. The smallest absolute Gasteiger partial charge is 0.384 e. The summed E-state index contributed by atoms with van der Waals surface area (Å²) in [5.74, 6) is 4.23. The minimum atomic E-state index is -0.670. The van der Waals surface area contributed by atoms with Gasteiger partial charge in [0.2, 0.25) is 0 Å². The van der Waals surface area contributed by atoms with Gasteiger partial charge in [0.05, 0.1) is 11.5 Å². The first-order valence-electron chi connectivity index (χ1n) is 7.16. The highest BCUT2D eigenvalue weighted by Gasteiger charge is 2.05. The first kappa shape index (κ1) is 17.2. The maximum atomic E-state index is 11.5. The Morgan fingerprint density at radius 1 is 1.00 bits per heavy atom. The first-order chi connectivity index (χ1) is 11.6. The van der Waals surface area contributed by atoms with Crippen molar-refractivity contribution in [3.8, 4) is 11.8 Å². The molecule has 0 aliphatic carbocycles. The van der Waals surface area contributed by atoms with Gasteiger partial charge in [0, 0.05) is 18.1 Å². The third-order valence-electron chi connectivity index (χ3n) is 2.99. The van der Waals surface area contributed by atoms with E-state index in [0.29, 0.717) is 12.2 Å². The van der Waals surface area contributed by atoms with Gasteiger partial charge in [-0.05, 0) is 23.3 Å². The van der Waals surface area contributed by atoms with E-state index < -0.39 is 10.9 Å². The highest BCUT2D eigenvalue weighted by atomic mass is 16.6. The van der Waals surface area contributed by atoms with E-state index in [1.807, 2.05) is 30.3 Å². The van der Waals surface area contributed by atoms with Gasteiger partial charge < -0.3 is 9.47 Å². The fraction of sp³-hybridized carbons (Fsp3) is 0.167. The lowest BCUT2D eigenvalue weighted by molar-refractivity contribution is -0.384. The van der Waals surface area contributed by atoms with E-state index in [4.69, 9.17) is 9.47 Å². The van der Waals surface area contributed by atoms with Crippen molar-refractivity contribution in [3.05, 3.63) is 75.8 Å². The lowest BCUT2D eigenvalue weighted by Gasteiger charge is -2.01. The minimum Gasteiger partial charge on any atom is -0.451 e. The predicted molar refractivity (Wildman–Crippen MR) is 86.8 cm³/mol. The summed E-state index contributed by atoms with van der Waals surface area (Å²) >= 11 is 0. The molecule has 0 radical (unpaired) electrons. The van der Waals surface area contributed by atoms with Crippen LogP contribution in [0.3, 0.4) is 0 Å². The van der Waals surface area contributed by atoms with Crippen LogP contribution in [-0.4, -0.2) is 17.5 Å². The van der Waals surface area contributed by atoms with Gasteiger partial charge in [-0.15, -0.1) is 0 Å². The van der Waals surface area contributed by atoms with Gasteiger partial charge in [0.25, 0.3) is 5.69 Å². The highest BCUT2D eigenvalue weighted by Crippen LogP contribution is 2.12. The first-order valence-corrected chi connectivity index (χ1v) is 7.16. The maximum absolute atomic E-state index is 11.5. The van der Waals surface area contributed by atoms with Gasteiger partial charge >= 0.3 is 5.97 Å². The van der Waals surface area contributed by atoms with E-state index in [1.165, 1.54) is 24.3 Å². The van der Waals surface area contributed by atoms with E-state index >= 15 is 0 Å². The van der Waals surface area contributed by atoms with Gasteiger partial charge in [-0.1, -0.05) is 36.3 Å². The van der Waals surface area contributed by atoms with E-state index in [9.17, 15) is 14.9 Å². The van der Waals surface area contributed by atoms with Gasteiger partial charge in [0.1, 0.15) is 13.2 Å². The van der Waals surface area contributed by atoms with Crippen molar-refractivity contribution in [1.29, 1.82) is 0 Å². The number of nitro benzene ring substituents is 1. The van der Waals surface area contributed by atoms with Crippen LogP contribution in [0.4, 0.5) is 5.69 Å². The molecule has 0 N–H and O–H groups in total. The van der Waals surface area contributed by atoms with Crippen LogP contribution in [0, 0.1) is 22.0 Å². The van der Waals surface area contributed by atoms with E-state index in [0.717, 1.165) is 5.56 Å². The standard InChI is InChI=1S/C18H15NO5/c20-18(7-4-12-23-13-15-5-2-1-3-6-15)24-14-16-8-10-17(11-9-16)19(21)22/h1-3,5-6,8-11H,12-14H2. The zero-order valence-electron chi connectivity index (χ0n) is 12.8. The molecular formula is C18H15NO5. The Bertz CT molecular complexity index is 744. The van der Waals surface area contributed by atoms with Crippen LogP contribution in [0.5, 0.6) is 0 Å². The molecule has 0 bridgehead atoms. The highest BCUT2D eigenvalue weighted by molar-refractivity contribution is 5.88. The molecule has 0 saturated carbocycles. The molecule has 0 fully saturated rings. The zero-order chi connectivity index (χ0) is 17.2. The Kier molecular flexibility index (Phi) is 6.50. The molecule has 2 aromatic rings. The number of benzene rings is 2. The fourth-order valence-corrected chi connectivity index (χ4v) is 1.80. The van der Waals surface area contributed by atoms with Crippen molar-refractivity contribution in [2.45, 2.75) is 13.2 Å². The fourth-order valence-electron chi connectivity index (χ4n) is 1.80. The average molecular weight is 325 g/mol. The lowest BCUT2D eigenvalue weighted by atomic mass is 10.2. The van der Waals surface area contributed by atoms with Crippen LogP contribution in [0.15, 0.2) is 54.6 Å². The summed E-state index contributed by atoms with van der Waals surface area (Å²) in [6.45, 7) is 0.561. The zero-order valence-corrected chi connectivity index (χ0v) is 12.8. The number of non-ortho nitro benzene ring substituents is 1. The van der Waals surface area contributed by atoms with Crippen LogP contribution in [0.25, 0.3) is 0 Å². The van der Waals surface area contributed by atoms with Crippen molar-refractivity contribution >= 4 is 11.7 Å². The quantitative estimate of drug-likeness (QED) is 0.204. The molecule has 122 valence electrons. The molecule has 24 heavy (non-hydrogen) atoms. The number of nitrogens with zero attached hydrogens (tertiary/aromatic N) is 1. The molecule has 6 nitrogen and oxygen atoms in total. The number of rotatable bonds is 6. The van der Waals surface area contributed by atoms with Crippen molar-refractivity contribution in [2.24, 2.45) is 0 Å². The van der Waals surface area contributed by atoms with Crippen LogP contribution in [-0.2, 0) is 27.5 Å². The second-order valence-electron chi connectivity index (χ2n) is 4.78. The van der Waals surface area contributed by atoms with E-state index in [-0.39, 0.29) is 18.9 Å². The van der Waals surface area contributed by atoms with Crippen molar-refractivity contribution < 1.29 is 19.2 Å². The number of hydrogen-bond acceptors (Lipinski definition) is 5. The summed E-state index contributed by atoms with van der Waals surface area (Å²) in [6.07, 6.45) is 0. The summed E-state index contributed by atoms with van der Waals surface area (Å²) in [5, 5.41) is 10.5. The summed E-state index contributed by atoms with van der Waals surface area (Å²) in [4.78, 5) is 21.5. The summed E-state index contributed by atoms with van der Waals surface area (Å²) in [6, 6.07) is 15.4. The summed E-state index contributed by atoms with van der Waals surface area (Å²) in [7, 11) is 0. The van der Waals surface area contributed by atoms with Gasteiger partial charge in [-0.3, -0.25) is 10.1 Å². The van der Waals surface area contributed by atoms with Crippen LogP contribution in [0.2, 0.25) is 0 Å². The minimum absolute atomic E-state index is 0.0103. The number of ether oxygens (including phenoxy) is 2. The van der Waals surface area contributed by atoms with Crippen molar-refractivity contribution in [2.75, 3.05) is 6.61 Å². The van der Waals surface area contributed by atoms with Crippen LogP contribution >= 0.6 is 0 Å². The molecule has 0 atom stereocenters. The molecule has 0 saturated heterocycles. The second-order valence-corrected chi connectivity index (χ2v) is 4.78. The molecule has 0 unspecified atom stereocenters. The summed E-state index contributed by atoms with van der Waals surface area (Å²) in [5.41, 5.74) is 1.66. The van der Waals surface area contributed by atoms with E-state index in [2.05, 4.69) is 11.8 Å². The van der Waals surface area contributed by atoms with E-state index in [1.54, 1.807) is 0 Å². The molecular weight excluding hydrogens is 310 g/mol. The topological polar surface area (TPSA) is 78.7 Å². The van der Waals surface area contributed by atoms with Crippen molar-refractivity contribution in [1.82, 2.24) is 0 Å². The monoisotopic (exact) mass is 325 g/mol. The lowest BCUT2D eigenvalue weighted by Crippen LogP contribution is -2.02. The van der Waals surface area contributed by atoms with Gasteiger partial charge in [0.15, 0.2) is 0 Å². The normalized spacial score (nSPS) is 9.67. The third kappa shape index (κ3) is 5.91. The Labute approximate surface area is 139 Å². The molecule has 0 heterocycles. The molecule has 2 aromatic carbocycles. The molecule has 0 aromatic heterocycles. The number of carbonyl (C=O) groups excluding carboxylic acids is 1. The molecule has 0 amide bonds. The largest absolute Gasteiger partial charge is 0.451 e. The Morgan fingerprint density at radius 3 is 2.33 bits per heavy atom. The van der Waals surface area contributed by atoms with Crippen LogP contribution < -0.4 is 0 Å². The van der Waals surface area contributed by atoms with Gasteiger partial charge in [-0.2, -0.15) is 0 Å². The predicted octanol–water partition coefficient (Wildman–Crippen LogP) is 2.86. The van der Waals surface area contributed by atoms with Crippen LogP contribution in [0.1, 0.15) is 11.1 Å². The second kappa shape index (κ2) is 9.08. The number of nitro groups is 1. The summed E-state index contributed by atoms with van der Waals surface area (Å²) < 4.78 is 10.3. The average Bonchev–Trinajstić information content (AvgIpc) is 2.61. The molecule has 0 aliphatic heterocycles. The Balaban J connectivity index is 1.69. The van der Waals surface area contributed by atoms with Gasteiger partial charge in [-0.25, -0.2) is 4.79 Å². The maximum Gasteiger partial charge on any atom is 0.384 e. The molecule has 2 rings (SSSR count). The number of hydrogen-bond donors (Lipinski definition) is 0. The Hall–Kier alpha value is -3.17.